The fraction of sp³-hybridized carbons (Fsp3) is 0.381. The molecule has 0 amide bonds. The maximum absolute atomic E-state index is 13.0. The minimum absolute atomic E-state index is 0.155. The Balaban J connectivity index is 1.83. The molecule has 1 aliphatic carbocycles. The molecule has 2 N–H and O–H groups in total. The zero-order chi connectivity index (χ0) is 18.8. The summed E-state index contributed by atoms with van der Waals surface area (Å²) >= 11 is 1.57. The topological polar surface area (TPSA) is 74.8 Å². The minimum atomic E-state index is -0.338. The van der Waals surface area contributed by atoms with Crippen LogP contribution in [-0.2, 0) is 4.79 Å². The molecule has 4 rings (SSSR count). The SMILES string of the molecule is CCCCSc1nc2c(c(=O)[nH]1)[C@H](c1ccccc1)[C@H]1C(=O)CCC=C1N2. The molecule has 0 spiro atoms. The minimum Gasteiger partial charge on any atom is -0.343 e. The van der Waals surface area contributed by atoms with Crippen LogP contribution in [0.2, 0.25) is 0 Å². The predicted molar refractivity (Wildman–Crippen MR) is 108 cm³/mol. The molecule has 5 nitrogen and oxygen atoms in total. The maximum Gasteiger partial charge on any atom is 0.257 e. The number of nitrogens with zero attached hydrogens (tertiary/aromatic N) is 1. The number of hydrogen-bond acceptors (Lipinski definition) is 5. The number of hydrogen-bond donors (Lipinski definition) is 2. The van der Waals surface area contributed by atoms with Crippen molar-refractivity contribution in [2.75, 3.05) is 11.1 Å². The van der Waals surface area contributed by atoms with Gasteiger partial charge in [-0.05, 0) is 18.4 Å². The lowest BCUT2D eigenvalue weighted by molar-refractivity contribution is -0.122. The standard InChI is InChI=1S/C21H23N3O2S/c1-2-3-12-27-21-23-19-18(20(26)24-21)16(13-8-5-4-6-9-13)17-14(22-19)10-7-11-15(17)25/h4-6,8-10,16-17H,2-3,7,11-12H2,1H3,(H2,22,23,24,26)/t16-,17-/m1/s1. The number of fused-ring (bicyclic) bond motifs is 2. The van der Waals surface area contributed by atoms with Gasteiger partial charge >= 0.3 is 0 Å². The summed E-state index contributed by atoms with van der Waals surface area (Å²) in [6.45, 7) is 2.14. The van der Waals surface area contributed by atoms with Crippen molar-refractivity contribution in [2.45, 2.75) is 43.7 Å². The Hall–Kier alpha value is -2.34. The molecule has 1 aromatic heterocycles. The van der Waals surface area contributed by atoms with Gasteiger partial charge in [0.05, 0.1) is 11.5 Å². The van der Waals surface area contributed by atoms with Gasteiger partial charge in [-0.15, -0.1) is 0 Å². The number of Topliss-reactive ketones (excluding diaryl/α,β-unsaturated/α-hetero) is 1. The van der Waals surface area contributed by atoms with Crippen LogP contribution < -0.4 is 10.9 Å². The molecule has 1 aliphatic heterocycles. The Morgan fingerprint density at radius 1 is 1.19 bits per heavy atom. The quantitative estimate of drug-likeness (QED) is 0.464. The van der Waals surface area contributed by atoms with Gasteiger partial charge < -0.3 is 10.3 Å². The molecule has 0 fully saturated rings. The van der Waals surface area contributed by atoms with E-state index in [2.05, 4.69) is 28.3 Å². The Morgan fingerprint density at radius 2 is 2.00 bits per heavy atom. The van der Waals surface area contributed by atoms with Gasteiger partial charge in [0.2, 0.25) is 0 Å². The Kier molecular flexibility index (Phi) is 5.16. The fourth-order valence-electron chi connectivity index (χ4n) is 3.87. The summed E-state index contributed by atoms with van der Waals surface area (Å²) in [6, 6.07) is 9.82. The Labute approximate surface area is 162 Å². The highest BCUT2D eigenvalue weighted by Crippen LogP contribution is 2.44. The van der Waals surface area contributed by atoms with Gasteiger partial charge in [0, 0.05) is 23.8 Å². The smallest absolute Gasteiger partial charge is 0.257 e. The van der Waals surface area contributed by atoms with Crippen molar-refractivity contribution in [3.8, 4) is 0 Å². The molecule has 1 aromatic carbocycles. The van der Waals surface area contributed by atoms with Crippen molar-refractivity contribution in [2.24, 2.45) is 5.92 Å². The van der Waals surface area contributed by atoms with Crippen LogP contribution in [0.15, 0.2) is 52.1 Å². The summed E-state index contributed by atoms with van der Waals surface area (Å²) in [5.41, 5.74) is 2.27. The highest BCUT2D eigenvalue weighted by atomic mass is 32.2. The second-order valence-electron chi connectivity index (χ2n) is 6.99. The molecule has 0 bridgehead atoms. The van der Waals surface area contributed by atoms with E-state index in [0.717, 1.165) is 36.3 Å². The molecular formula is C21H23N3O2S. The zero-order valence-corrected chi connectivity index (χ0v) is 16.1. The van der Waals surface area contributed by atoms with Gasteiger partial charge in [-0.1, -0.05) is 61.5 Å². The van der Waals surface area contributed by atoms with E-state index < -0.39 is 0 Å². The summed E-state index contributed by atoms with van der Waals surface area (Å²) in [5, 5.41) is 3.93. The molecule has 140 valence electrons. The molecule has 0 unspecified atom stereocenters. The van der Waals surface area contributed by atoms with Crippen molar-refractivity contribution < 1.29 is 4.79 Å². The first kappa shape index (κ1) is 18.0. The third kappa shape index (κ3) is 3.46. The van der Waals surface area contributed by atoms with Crippen LogP contribution in [0.5, 0.6) is 0 Å². The maximum atomic E-state index is 13.0. The number of ketones is 1. The highest BCUT2D eigenvalue weighted by Gasteiger charge is 2.42. The van der Waals surface area contributed by atoms with E-state index in [1.165, 1.54) is 0 Å². The fourth-order valence-corrected chi connectivity index (χ4v) is 4.82. The summed E-state index contributed by atoms with van der Waals surface area (Å²) in [6.07, 6.45) is 5.51. The summed E-state index contributed by atoms with van der Waals surface area (Å²) < 4.78 is 0. The average Bonchev–Trinajstić information content (AvgIpc) is 2.67. The number of carbonyl (C=O) groups is 1. The van der Waals surface area contributed by atoms with Crippen LogP contribution >= 0.6 is 11.8 Å². The lowest BCUT2D eigenvalue weighted by Crippen LogP contribution is -2.38. The van der Waals surface area contributed by atoms with Gasteiger partial charge in [-0.25, -0.2) is 4.98 Å². The molecular weight excluding hydrogens is 358 g/mol. The summed E-state index contributed by atoms with van der Waals surface area (Å²) in [5.74, 6) is 1.05. The van der Waals surface area contributed by atoms with Crippen LogP contribution in [0.3, 0.4) is 0 Å². The van der Waals surface area contributed by atoms with Crippen LogP contribution in [0, 0.1) is 5.92 Å². The predicted octanol–water partition coefficient (Wildman–Crippen LogP) is 4.08. The van der Waals surface area contributed by atoms with Crippen LogP contribution in [-0.4, -0.2) is 21.5 Å². The second-order valence-corrected chi connectivity index (χ2v) is 8.07. The monoisotopic (exact) mass is 381 g/mol. The van der Waals surface area contributed by atoms with Crippen molar-refractivity contribution in [1.82, 2.24) is 9.97 Å². The molecule has 0 saturated heterocycles. The molecule has 0 saturated carbocycles. The van der Waals surface area contributed by atoms with Crippen LogP contribution in [0.25, 0.3) is 0 Å². The van der Waals surface area contributed by atoms with E-state index in [4.69, 9.17) is 0 Å². The second kappa shape index (κ2) is 7.72. The van der Waals surface area contributed by atoms with E-state index in [9.17, 15) is 9.59 Å². The number of unbranched alkanes of at least 4 members (excludes halogenated alkanes) is 1. The van der Waals surface area contributed by atoms with E-state index in [1.807, 2.05) is 30.3 Å². The normalized spacial score (nSPS) is 21.1. The Bertz CT molecular complexity index is 936. The van der Waals surface area contributed by atoms with E-state index >= 15 is 0 Å². The molecule has 0 radical (unpaired) electrons. The van der Waals surface area contributed by atoms with E-state index in [1.54, 1.807) is 11.8 Å². The molecule has 2 atom stereocenters. The number of anilines is 1. The van der Waals surface area contributed by atoms with Crippen LogP contribution in [0.4, 0.5) is 5.82 Å². The number of thioether (sulfide) groups is 1. The summed E-state index contributed by atoms with van der Waals surface area (Å²) in [4.78, 5) is 33.4. The number of rotatable bonds is 5. The lowest BCUT2D eigenvalue weighted by Gasteiger charge is -2.36. The van der Waals surface area contributed by atoms with Gasteiger partial charge in [-0.2, -0.15) is 0 Å². The number of H-pyrrole nitrogens is 1. The zero-order valence-electron chi connectivity index (χ0n) is 15.3. The van der Waals surface area contributed by atoms with Gasteiger partial charge in [0.15, 0.2) is 5.16 Å². The third-order valence-electron chi connectivity index (χ3n) is 5.17. The molecule has 2 heterocycles. The molecule has 6 heteroatoms. The van der Waals surface area contributed by atoms with E-state index in [-0.39, 0.29) is 23.2 Å². The number of carbonyl (C=O) groups excluding carboxylic acids is 1. The third-order valence-corrected chi connectivity index (χ3v) is 6.13. The van der Waals surface area contributed by atoms with Crippen molar-refractivity contribution >= 4 is 23.4 Å². The van der Waals surface area contributed by atoms with Gasteiger partial charge in [-0.3, -0.25) is 9.59 Å². The first-order valence-electron chi connectivity index (χ1n) is 9.50. The van der Waals surface area contributed by atoms with E-state index in [0.29, 0.717) is 23.0 Å². The highest BCUT2D eigenvalue weighted by molar-refractivity contribution is 7.99. The van der Waals surface area contributed by atoms with Crippen molar-refractivity contribution in [3.63, 3.8) is 0 Å². The number of allylic oxidation sites excluding steroid dienone is 2. The average molecular weight is 382 g/mol. The Morgan fingerprint density at radius 3 is 2.78 bits per heavy atom. The van der Waals surface area contributed by atoms with Crippen molar-refractivity contribution in [3.05, 3.63) is 63.6 Å². The van der Waals surface area contributed by atoms with Crippen LogP contribution in [0.1, 0.15) is 49.7 Å². The van der Waals surface area contributed by atoms with Gasteiger partial charge in [0.1, 0.15) is 11.6 Å². The first-order valence-corrected chi connectivity index (χ1v) is 10.5. The summed E-state index contributed by atoms with van der Waals surface area (Å²) in [7, 11) is 0. The van der Waals surface area contributed by atoms with Crippen molar-refractivity contribution in [1.29, 1.82) is 0 Å². The molecule has 27 heavy (non-hydrogen) atoms. The largest absolute Gasteiger partial charge is 0.343 e. The molecule has 2 aliphatic rings. The first-order chi connectivity index (χ1) is 13.2. The lowest BCUT2D eigenvalue weighted by atomic mass is 9.72. The number of aromatic nitrogens is 2. The number of nitrogens with one attached hydrogen (secondary N) is 2. The molecule has 2 aromatic rings. The number of benzene rings is 1. The number of aromatic amines is 1. The van der Waals surface area contributed by atoms with Gasteiger partial charge in [0.25, 0.3) is 5.56 Å².